The van der Waals surface area contributed by atoms with E-state index in [-0.39, 0.29) is 24.1 Å². The second-order valence-electron chi connectivity index (χ2n) is 4.57. The molecule has 0 bridgehead atoms. The molecular weight excluding hydrogens is 318 g/mol. The first-order valence-electron chi connectivity index (χ1n) is 5.68. The molecule has 2 aliphatic rings. The molecule has 1 atom stereocenters. The van der Waals surface area contributed by atoms with Gasteiger partial charge in [-0.05, 0) is 34.5 Å². The summed E-state index contributed by atoms with van der Waals surface area (Å²) in [5, 5.41) is 4.78. The van der Waals surface area contributed by atoms with E-state index in [0.29, 0.717) is 17.6 Å². The minimum absolute atomic E-state index is 0.154. The molecule has 1 spiro atoms. The van der Waals surface area contributed by atoms with Gasteiger partial charge in [0.15, 0.2) is 10.4 Å². The van der Waals surface area contributed by atoms with Crippen molar-refractivity contribution in [2.24, 2.45) is 0 Å². The number of carbonyl (C=O) groups is 3. The van der Waals surface area contributed by atoms with Crippen LogP contribution in [0.1, 0.15) is 17.0 Å². The molecule has 1 unspecified atom stereocenters. The van der Waals surface area contributed by atoms with Gasteiger partial charge in [-0.3, -0.25) is 14.9 Å². The summed E-state index contributed by atoms with van der Waals surface area (Å²) in [6.07, 6.45) is 0.401. The lowest BCUT2D eigenvalue weighted by atomic mass is 10.00. The highest BCUT2D eigenvalue weighted by Crippen LogP contribution is 2.26. The van der Waals surface area contributed by atoms with Crippen LogP contribution in [-0.4, -0.2) is 41.4 Å². The molecule has 3 heterocycles. The summed E-state index contributed by atoms with van der Waals surface area (Å²) >= 11 is 3.13. The van der Waals surface area contributed by atoms with Crippen molar-refractivity contribution in [3.8, 4) is 0 Å². The van der Waals surface area contributed by atoms with Crippen molar-refractivity contribution < 1.29 is 18.8 Å². The lowest BCUT2D eigenvalue weighted by Gasteiger charge is -2.20. The van der Waals surface area contributed by atoms with Crippen LogP contribution < -0.4 is 10.6 Å². The fourth-order valence-electron chi connectivity index (χ4n) is 2.38. The Bertz CT molecular complexity index is 584. The number of rotatable bonds is 1. The van der Waals surface area contributed by atoms with Gasteiger partial charge in [-0.2, -0.15) is 0 Å². The Labute approximate surface area is 116 Å². The van der Waals surface area contributed by atoms with Gasteiger partial charge in [0.2, 0.25) is 0 Å². The smallest absolute Gasteiger partial charge is 0.322 e. The Balaban J connectivity index is 1.78. The van der Waals surface area contributed by atoms with E-state index < -0.39 is 11.6 Å². The molecule has 0 aliphatic carbocycles. The lowest BCUT2D eigenvalue weighted by Crippen LogP contribution is -2.49. The standard InChI is InChI=1S/C11H10BrN3O4/c12-7-2-1-6(19-7)8(16)15-4-3-11(5-15)9(17)13-10(18)14-11/h1-2H,3-5H2,(H2,13,14,17,18). The molecule has 0 radical (unpaired) electrons. The Kier molecular flexibility index (Phi) is 2.63. The zero-order valence-corrected chi connectivity index (χ0v) is 11.3. The summed E-state index contributed by atoms with van der Waals surface area (Å²) in [6, 6.07) is 2.67. The van der Waals surface area contributed by atoms with Gasteiger partial charge in [0.05, 0.1) is 6.54 Å². The number of urea groups is 1. The summed E-state index contributed by atoms with van der Waals surface area (Å²) in [7, 11) is 0. The highest BCUT2D eigenvalue weighted by Gasteiger charge is 2.51. The third kappa shape index (κ3) is 1.92. The topological polar surface area (TPSA) is 91.7 Å². The molecule has 0 saturated carbocycles. The largest absolute Gasteiger partial charge is 0.444 e. The maximum atomic E-state index is 12.2. The average Bonchev–Trinajstić information content (AvgIpc) is 3.01. The number of halogens is 1. The van der Waals surface area contributed by atoms with E-state index in [1.807, 2.05) is 0 Å². The van der Waals surface area contributed by atoms with Crippen molar-refractivity contribution in [1.29, 1.82) is 0 Å². The highest BCUT2D eigenvalue weighted by molar-refractivity contribution is 9.10. The number of carbonyl (C=O) groups excluding carboxylic acids is 3. The summed E-state index contributed by atoms with van der Waals surface area (Å²) in [6.45, 7) is 0.548. The van der Waals surface area contributed by atoms with Crippen LogP contribution in [0.4, 0.5) is 4.79 Å². The van der Waals surface area contributed by atoms with Crippen molar-refractivity contribution in [3.63, 3.8) is 0 Å². The number of nitrogens with one attached hydrogen (secondary N) is 2. The number of hydrogen-bond acceptors (Lipinski definition) is 4. The first-order valence-corrected chi connectivity index (χ1v) is 6.48. The number of furan rings is 1. The Morgan fingerprint density at radius 3 is 2.79 bits per heavy atom. The van der Waals surface area contributed by atoms with E-state index in [2.05, 4.69) is 26.6 Å². The van der Waals surface area contributed by atoms with E-state index in [4.69, 9.17) is 4.42 Å². The molecule has 1 aromatic heterocycles. The van der Waals surface area contributed by atoms with Crippen molar-refractivity contribution >= 4 is 33.8 Å². The van der Waals surface area contributed by atoms with Crippen LogP contribution in [0, 0.1) is 0 Å². The Morgan fingerprint density at radius 1 is 1.42 bits per heavy atom. The Hall–Kier alpha value is -1.83. The lowest BCUT2D eigenvalue weighted by molar-refractivity contribution is -0.123. The molecule has 2 aliphatic heterocycles. The van der Waals surface area contributed by atoms with Crippen LogP contribution in [0.3, 0.4) is 0 Å². The third-order valence-electron chi connectivity index (χ3n) is 3.35. The van der Waals surface area contributed by atoms with Crippen molar-refractivity contribution in [3.05, 3.63) is 22.6 Å². The quantitative estimate of drug-likeness (QED) is 0.733. The zero-order valence-electron chi connectivity index (χ0n) is 9.73. The van der Waals surface area contributed by atoms with E-state index in [1.54, 1.807) is 12.1 Å². The van der Waals surface area contributed by atoms with Gasteiger partial charge >= 0.3 is 6.03 Å². The van der Waals surface area contributed by atoms with E-state index in [0.717, 1.165) is 0 Å². The molecule has 4 amide bonds. The van der Waals surface area contributed by atoms with Crippen LogP contribution in [0.15, 0.2) is 21.2 Å². The van der Waals surface area contributed by atoms with Gasteiger partial charge in [-0.25, -0.2) is 4.79 Å². The van der Waals surface area contributed by atoms with Crippen LogP contribution in [0.5, 0.6) is 0 Å². The van der Waals surface area contributed by atoms with E-state index in [9.17, 15) is 14.4 Å². The van der Waals surface area contributed by atoms with Crippen molar-refractivity contribution in [1.82, 2.24) is 15.5 Å². The molecule has 2 fully saturated rings. The van der Waals surface area contributed by atoms with Gasteiger partial charge in [0.25, 0.3) is 11.8 Å². The second-order valence-corrected chi connectivity index (χ2v) is 5.35. The number of nitrogens with zero attached hydrogens (tertiary/aromatic N) is 1. The number of imide groups is 1. The summed E-state index contributed by atoms with van der Waals surface area (Å²) in [5.74, 6) is -0.474. The van der Waals surface area contributed by atoms with Crippen molar-refractivity contribution in [2.75, 3.05) is 13.1 Å². The molecule has 8 heteroatoms. The van der Waals surface area contributed by atoms with Crippen LogP contribution in [0.2, 0.25) is 0 Å². The first-order chi connectivity index (χ1) is 9.00. The number of hydrogen-bond donors (Lipinski definition) is 2. The van der Waals surface area contributed by atoms with Crippen LogP contribution >= 0.6 is 15.9 Å². The number of amides is 4. The number of likely N-dealkylation sites (tertiary alicyclic amines) is 1. The molecule has 1 aromatic rings. The van der Waals surface area contributed by atoms with Gasteiger partial charge < -0.3 is 14.6 Å². The summed E-state index contributed by atoms with van der Waals surface area (Å²) in [5.41, 5.74) is -0.990. The van der Waals surface area contributed by atoms with Gasteiger partial charge in [-0.1, -0.05) is 0 Å². The fourth-order valence-corrected chi connectivity index (χ4v) is 2.69. The third-order valence-corrected chi connectivity index (χ3v) is 3.78. The highest BCUT2D eigenvalue weighted by atomic mass is 79.9. The molecular formula is C11H10BrN3O4. The van der Waals surface area contributed by atoms with Gasteiger partial charge in [0, 0.05) is 6.54 Å². The second kappa shape index (κ2) is 4.09. The maximum Gasteiger partial charge on any atom is 0.322 e. The maximum absolute atomic E-state index is 12.2. The predicted molar refractivity (Wildman–Crippen MR) is 66.3 cm³/mol. The minimum atomic E-state index is -0.990. The Morgan fingerprint density at radius 2 is 2.21 bits per heavy atom. The van der Waals surface area contributed by atoms with Crippen molar-refractivity contribution in [2.45, 2.75) is 12.0 Å². The normalized spacial score (nSPS) is 25.8. The van der Waals surface area contributed by atoms with Gasteiger partial charge in [0.1, 0.15) is 5.54 Å². The minimum Gasteiger partial charge on any atom is -0.444 e. The van der Waals surface area contributed by atoms with E-state index >= 15 is 0 Å². The monoisotopic (exact) mass is 327 g/mol. The van der Waals surface area contributed by atoms with Crippen LogP contribution in [-0.2, 0) is 4.79 Å². The summed E-state index contributed by atoms with van der Waals surface area (Å²) < 4.78 is 5.66. The average molecular weight is 328 g/mol. The molecule has 7 nitrogen and oxygen atoms in total. The predicted octanol–water partition coefficient (Wildman–Crippen LogP) is 0.466. The van der Waals surface area contributed by atoms with E-state index in [1.165, 1.54) is 4.90 Å². The van der Waals surface area contributed by atoms with Crippen LogP contribution in [0.25, 0.3) is 0 Å². The molecule has 100 valence electrons. The fraction of sp³-hybridized carbons (Fsp3) is 0.364. The SMILES string of the molecule is O=C1NC(=O)C2(CCN(C(=O)c3ccc(Br)o3)C2)N1. The molecule has 2 saturated heterocycles. The zero-order chi connectivity index (χ0) is 13.6. The summed E-state index contributed by atoms with van der Waals surface area (Å²) in [4.78, 5) is 36.6. The molecule has 0 aromatic carbocycles. The molecule has 2 N–H and O–H groups in total. The molecule has 3 rings (SSSR count). The first kappa shape index (κ1) is 12.2. The van der Waals surface area contributed by atoms with Gasteiger partial charge in [-0.15, -0.1) is 0 Å². The molecule has 19 heavy (non-hydrogen) atoms.